The Bertz CT molecular complexity index is 648. The average molecular weight is 271 g/mol. The lowest BCUT2D eigenvalue weighted by Crippen LogP contribution is -2.31. The summed E-state index contributed by atoms with van der Waals surface area (Å²) >= 11 is 0. The zero-order valence-electron chi connectivity index (χ0n) is 11.5. The van der Waals surface area contributed by atoms with E-state index in [1.807, 2.05) is 26.0 Å². The molecule has 0 unspecified atom stereocenters. The maximum Gasteiger partial charge on any atom is 0.252 e. The van der Waals surface area contributed by atoms with Crippen LogP contribution in [0.5, 0.6) is 0 Å². The molecule has 2 aromatic rings. The highest BCUT2D eigenvalue weighted by Gasteiger charge is 2.08. The van der Waals surface area contributed by atoms with E-state index >= 15 is 0 Å². The van der Waals surface area contributed by atoms with Gasteiger partial charge < -0.3 is 9.88 Å². The number of aromatic nitrogens is 2. The number of rotatable bonds is 4. The maximum absolute atomic E-state index is 11.9. The van der Waals surface area contributed by atoms with Crippen molar-refractivity contribution in [3.8, 4) is 0 Å². The number of hydrogen-bond donors (Lipinski definition) is 1. The molecule has 2 rings (SSSR count). The van der Waals surface area contributed by atoms with Crippen LogP contribution in [0.3, 0.4) is 0 Å². The van der Waals surface area contributed by atoms with E-state index in [-0.39, 0.29) is 17.5 Å². The van der Waals surface area contributed by atoms with Crippen molar-refractivity contribution in [1.82, 2.24) is 14.9 Å². The number of pyridine rings is 2. The molecule has 0 saturated heterocycles. The molecule has 20 heavy (non-hydrogen) atoms. The molecule has 0 aliphatic rings. The van der Waals surface area contributed by atoms with E-state index in [1.54, 1.807) is 24.7 Å². The number of amides is 1. The minimum absolute atomic E-state index is 0.0567. The number of carbonyl (C=O) groups excluding carboxylic acids is 1. The summed E-state index contributed by atoms with van der Waals surface area (Å²) in [5.74, 6) is -0.181. The first-order chi connectivity index (χ1) is 9.56. The Kier molecular flexibility index (Phi) is 4.30. The van der Waals surface area contributed by atoms with Crippen LogP contribution >= 0.6 is 0 Å². The van der Waals surface area contributed by atoms with Crippen molar-refractivity contribution in [3.05, 3.63) is 64.3 Å². The van der Waals surface area contributed by atoms with Gasteiger partial charge in [0.15, 0.2) is 0 Å². The molecular formula is C15H17N3O2. The van der Waals surface area contributed by atoms with E-state index in [4.69, 9.17) is 0 Å². The molecular weight excluding hydrogens is 254 g/mol. The zero-order chi connectivity index (χ0) is 14.5. The van der Waals surface area contributed by atoms with Crippen molar-refractivity contribution in [1.29, 1.82) is 0 Å². The van der Waals surface area contributed by atoms with Crippen molar-refractivity contribution in [2.24, 2.45) is 0 Å². The van der Waals surface area contributed by atoms with Crippen LogP contribution < -0.4 is 10.9 Å². The Morgan fingerprint density at radius 1 is 1.35 bits per heavy atom. The van der Waals surface area contributed by atoms with Gasteiger partial charge in [-0.3, -0.25) is 14.6 Å². The highest BCUT2D eigenvalue weighted by molar-refractivity contribution is 5.93. The van der Waals surface area contributed by atoms with Gasteiger partial charge in [-0.05, 0) is 31.5 Å². The fraction of sp³-hybridized carbons (Fsp3) is 0.267. The van der Waals surface area contributed by atoms with E-state index in [1.165, 1.54) is 10.6 Å². The number of nitrogens with one attached hydrogen (secondary N) is 1. The second-order valence-electron chi connectivity index (χ2n) is 4.87. The minimum atomic E-state index is -0.181. The van der Waals surface area contributed by atoms with Crippen molar-refractivity contribution in [3.63, 3.8) is 0 Å². The molecule has 0 aromatic carbocycles. The third kappa shape index (κ3) is 3.54. The molecule has 0 aliphatic carbocycles. The van der Waals surface area contributed by atoms with Gasteiger partial charge in [-0.1, -0.05) is 6.07 Å². The summed E-state index contributed by atoms with van der Waals surface area (Å²) < 4.78 is 1.51. The van der Waals surface area contributed by atoms with Crippen LogP contribution in [-0.2, 0) is 6.54 Å². The average Bonchev–Trinajstić information content (AvgIpc) is 2.41. The molecule has 1 N–H and O–H groups in total. The summed E-state index contributed by atoms with van der Waals surface area (Å²) in [6, 6.07) is 6.71. The van der Waals surface area contributed by atoms with Crippen LogP contribution in [0.2, 0.25) is 0 Å². The van der Waals surface area contributed by atoms with Gasteiger partial charge in [0, 0.05) is 30.7 Å². The first kappa shape index (κ1) is 14.0. The second kappa shape index (κ2) is 6.14. The molecule has 5 nitrogen and oxygen atoms in total. The van der Waals surface area contributed by atoms with Crippen molar-refractivity contribution < 1.29 is 4.79 Å². The predicted octanol–water partition coefficient (Wildman–Crippen LogP) is 1.43. The fourth-order valence-electron chi connectivity index (χ4n) is 1.82. The van der Waals surface area contributed by atoms with E-state index in [9.17, 15) is 9.59 Å². The Hall–Kier alpha value is -2.43. The van der Waals surface area contributed by atoms with E-state index in [0.29, 0.717) is 12.1 Å². The minimum Gasteiger partial charge on any atom is -0.350 e. The first-order valence-electron chi connectivity index (χ1n) is 6.46. The molecule has 0 atom stereocenters. The Morgan fingerprint density at radius 2 is 2.15 bits per heavy atom. The summed E-state index contributed by atoms with van der Waals surface area (Å²) in [6.07, 6.45) is 4.96. The van der Waals surface area contributed by atoms with Crippen molar-refractivity contribution >= 4 is 5.91 Å². The fourth-order valence-corrected chi connectivity index (χ4v) is 1.82. The van der Waals surface area contributed by atoms with Crippen LogP contribution in [0, 0.1) is 0 Å². The lowest BCUT2D eigenvalue weighted by Gasteiger charge is -2.10. The number of carbonyl (C=O) groups is 1. The third-order valence-electron chi connectivity index (χ3n) is 2.74. The molecule has 0 aliphatic heterocycles. The summed E-state index contributed by atoms with van der Waals surface area (Å²) in [7, 11) is 0. The molecule has 104 valence electrons. The van der Waals surface area contributed by atoms with Gasteiger partial charge in [-0.2, -0.15) is 0 Å². The summed E-state index contributed by atoms with van der Waals surface area (Å²) in [5.41, 5.74) is 1.24. The smallest absolute Gasteiger partial charge is 0.252 e. The Labute approximate surface area is 117 Å². The molecule has 0 spiro atoms. The van der Waals surface area contributed by atoms with Gasteiger partial charge in [0.05, 0.1) is 12.1 Å². The Balaban J connectivity index is 2.25. The quantitative estimate of drug-likeness (QED) is 0.915. The monoisotopic (exact) mass is 271 g/mol. The largest absolute Gasteiger partial charge is 0.350 e. The molecule has 0 saturated carbocycles. The first-order valence-corrected chi connectivity index (χ1v) is 6.46. The lowest BCUT2D eigenvalue weighted by atomic mass is 10.2. The molecule has 0 radical (unpaired) electrons. The lowest BCUT2D eigenvalue weighted by molar-refractivity contribution is 0.0942. The molecule has 1 amide bonds. The van der Waals surface area contributed by atoms with Gasteiger partial charge in [0.2, 0.25) is 0 Å². The standard InChI is InChI=1S/C15H17N3O2/c1-11(2)17-15(20)13-5-6-14(19)18(10-13)9-12-4-3-7-16-8-12/h3-8,10-11H,9H2,1-2H3,(H,17,20). The van der Waals surface area contributed by atoms with Gasteiger partial charge in [0.1, 0.15) is 0 Å². The van der Waals surface area contributed by atoms with E-state index in [0.717, 1.165) is 5.56 Å². The van der Waals surface area contributed by atoms with Crippen LogP contribution in [0.1, 0.15) is 29.8 Å². The topological polar surface area (TPSA) is 64.0 Å². The van der Waals surface area contributed by atoms with Gasteiger partial charge in [-0.25, -0.2) is 0 Å². The second-order valence-corrected chi connectivity index (χ2v) is 4.87. The maximum atomic E-state index is 11.9. The van der Waals surface area contributed by atoms with Gasteiger partial charge in [-0.15, -0.1) is 0 Å². The molecule has 2 aromatic heterocycles. The SMILES string of the molecule is CC(C)NC(=O)c1ccc(=O)n(Cc2cccnc2)c1. The third-order valence-corrected chi connectivity index (χ3v) is 2.74. The highest BCUT2D eigenvalue weighted by atomic mass is 16.2. The zero-order valence-corrected chi connectivity index (χ0v) is 11.5. The molecule has 5 heteroatoms. The summed E-state index contributed by atoms with van der Waals surface area (Å²) in [4.78, 5) is 27.8. The van der Waals surface area contributed by atoms with Crippen LogP contribution in [0.25, 0.3) is 0 Å². The number of hydrogen-bond acceptors (Lipinski definition) is 3. The summed E-state index contributed by atoms with van der Waals surface area (Å²) in [6.45, 7) is 4.18. The summed E-state index contributed by atoms with van der Waals surface area (Å²) in [5, 5.41) is 2.80. The van der Waals surface area contributed by atoms with Crippen LogP contribution in [0.15, 0.2) is 47.7 Å². The van der Waals surface area contributed by atoms with E-state index in [2.05, 4.69) is 10.3 Å². The van der Waals surface area contributed by atoms with Gasteiger partial charge in [0.25, 0.3) is 11.5 Å². The van der Waals surface area contributed by atoms with Crippen molar-refractivity contribution in [2.45, 2.75) is 26.4 Å². The van der Waals surface area contributed by atoms with Gasteiger partial charge >= 0.3 is 0 Å². The van der Waals surface area contributed by atoms with E-state index < -0.39 is 0 Å². The molecule has 2 heterocycles. The number of nitrogens with zero attached hydrogens (tertiary/aromatic N) is 2. The Morgan fingerprint density at radius 3 is 2.80 bits per heavy atom. The molecule has 0 bridgehead atoms. The van der Waals surface area contributed by atoms with Crippen molar-refractivity contribution in [2.75, 3.05) is 0 Å². The normalized spacial score (nSPS) is 10.6. The van der Waals surface area contributed by atoms with Crippen LogP contribution in [0.4, 0.5) is 0 Å². The van der Waals surface area contributed by atoms with Crippen LogP contribution in [-0.4, -0.2) is 21.5 Å². The molecule has 0 fully saturated rings. The predicted molar refractivity (Wildman–Crippen MR) is 76.6 cm³/mol. The highest BCUT2D eigenvalue weighted by Crippen LogP contribution is 2.01.